The van der Waals surface area contributed by atoms with Gasteiger partial charge in [0.2, 0.25) is 0 Å². The third-order valence-corrected chi connectivity index (χ3v) is 14.1. The molecule has 0 aliphatic heterocycles. The van der Waals surface area contributed by atoms with E-state index in [1.54, 1.807) is 0 Å². The van der Waals surface area contributed by atoms with Crippen LogP contribution in [0.4, 0.5) is 0 Å². The van der Waals surface area contributed by atoms with Crippen LogP contribution in [0.25, 0.3) is 0 Å². The van der Waals surface area contributed by atoms with E-state index in [4.69, 9.17) is 14.2 Å². The van der Waals surface area contributed by atoms with Crippen molar-refractivity contribution in [2.75, 3.05) is 13.2 Å². The first-order valence-electron chi connectivity index (χ1n) is 31.5. The molecule has 0 saturated carbocycles. The largest absolute Gasteiger partial charge is 0.462 e. The summed E-state index contributed by atoms with van der Waals surface area (Å²) in [6.07, 6.45) is 72.8. The number of carbonyl (C=O) groups is 3. The van der Waals surface area contributed by atoms with E-state index in [9.17, 15) is 14.4 Å². The molecule has 0 saturated heterocycles. The first-order chi connectivity index (χ1) is 35.0. The maximum absolute atomic E-state index is 12.9. The minimum atomic E-state index is -0.778. The van der Waals surface area contributed by atoms with Crippen molar-refractivity contribution in [3.8, 4) is 0 Å². The number of allylic oxidation sites excluding steroid dienone is 6. The predicted octanol–water partition coefficient (Wildman–Crippen LogP) is 21.2. The van der Waals surface area contributed by atoms with E-state index in [1.165, 1.54) is 218 Å². The lowest BCUT2D eigenvalue weighted by Crippen LogP contribution is -2.30. The van der Waals surface area contributed by atoms with Crippen LogP contribution in [0.3, 0.4) is 0 Å². The van der Waals surface area contributed by atoms with Crippen LogP contribution in [0.15, 0.2) is 36.5 Å². The van der Waals surface area contributed by atoms with Crippen LogP contribution >= 0.6 is 0 Å². The topological polar surface area (TPSA) is 78.9 Å². The molecule has 0 fully saturated rings. The lowest BCUT2D eigenvalue weighted by atomic mass is 10.0. The van der Waals surface area contributed by atoms with Crippen molar-refractivity contribution in [1.82, 2.24) is 0 Å². The van der Waals surface area contributed by atoms with Gasteiger partial charge in [0.15, 0.2) is 6.10 Å². The second-order valence-corrected chi connectivity index (χ2v) is 21.3. The Hall–Kier alpha value is -2.37. The average Bonchev–Trinajstić information content (AvgIpc) is 3.37. The fraction of sp³-hybridized carbons (Fsp3) is 0.862. The van der Waals surface area contributed by atoms with E-state index < -0.39 is 6.10 Å². The molecule has 416 valence electrons. The summed E-state index contributed by atoms with van der Waals surface area (Å²) in [5, 5.41) is 0. The number of esters is 3. The summed E-state index contributed by atoms with van der Waals surface area (Å²) in [6, 6.07) is 0. The highest BCUT2D eigenvalue weighted by Gasteiger charge is 2.19. The Morgan fingerprint density at radius 3 is 0.817 bits per heavy atom. The quantitative estimate of drug-likeness (QED) is 0.0261. The molecular weight excluding hydrogens is 877 g/mol. The minimum Gasteiger partial charge on any atom is -0.462 e. The fourth-order valence-electron chi connectivity index (χ4n) is 9.39. The van der Waals surface area contributed by atoms with Gasteiger partial charge in [0.25, 0.3) is 0 Å². The standard InChI is InChI=1S/C65H120O6/c1-4-7-10-13-16-19-22-25-28-31-32-35-38-41-44-47-50-53-56-59-65(68)71-62(60-69-63(66)57-54-51-48-45-42-39-36-33-29-26-23-20-17-14-11-8-5-2)61-70-64(67)58-55-52-49-46-43-40-37-34-30-27-24-21-18-15-12-9-6-3/h17,20,26,29,36,39,62H,4-16,18-19,21-25,27-28,30-35,37-38,40-61H2,1-3H3/b20-17-,29-26-,39-36-/t62-/m1/s1. The lowest BCUT2D eigenvalue weighted by molar-refractivity contribution is -0.167. The molecule has 0 bridgehead atoms. The van der Waals surface area contributed by atoms with Gasteiger partial charge in [-0.1, -0.05) is 301 Å². The van der Waals surface area contributed by atoms with Gasteiger partial charge in [-0.15, -0.1) is 0 Å². The van der Waals surface area contributed by atoms with E-state index in [2.05, 4.69) is 57.2 Å². The van der Waals surface area contributed by atoms with Gasteiger partial charge in [0, 0.05) is 19.3 Å². The maximum atomic E-state index is 12.9. The van der Waals surface area contributed by atoms with Crippen molar-refractivity contribution in [2.45, 2.75) is 348 Å². The number of unbranched alkanes of at least 4 members (excludes halogenated alkanes) is 41. The predicted molar refractivity (Wildman–Crippen MR) is 307 cm³/mol. The zero-order valence-electron chi connectivity index (χ0n) is 47.8. The van der Waals surface area contributed by atoms with Gasteiger partial charge in [-0.05, 0) is 57.8 Å². The lowest BCUT2D eigenvalue weighted by Gasteiger charge is -2.18. The third-order valence-electron chi connectivity index (χ3n) is 14.1. The molecule has 0 N–H and O–H groups in total. The van der Waals surface area contributed by atoms with Gasteiger partial charge in [0.05, 0.1) is 0 Å². The first-order valence-corrected chi connectivity index (χ1v) is 31.5. The number of ether oxygens (including phenoxy) is 3. The summed E-state index contributed by atoms with van der Waals surface area (Å²) in [5.41, 5.74) is 0. The molecule has 1 atom stereocenters. The van der Waals surface area contributed by atoms with E-state index in [1.807, 2.05) is 0 Å². The van der Waals surface area contributed by atoms with Gasteiger partial charge in [-0.2, -0.15) is 0 Å². The van der Waals surface area contributed by atoms with Crippen LogP contribution in [0.5, 0.6) is 0 Å². The molecule has 0 radical (unpaired) electrons. The normalized spacial score (nSPS) is 12.2. The van der Waals surface area contributed by atoms with Gasteiger partial charge >= 0.3 is 17.9 Å². The minimum absolute atomic E-state index is 0.0739. The molecule has 0 aromatic heterocycles. The summed E-state index contributed by atoms with van der Waals surface area (Å²) in [6.45, 7) is 6.66. The molecule has 0 heterocycles. The van der Waals surface area contributed by atoms with Crippen LogP contribution in [0.1, 0.15) is 342 Å². The number of carbonyl (C=O) groups excluding carboxylic acids is 3. The van der Waals surface area contributed by atoms with Crippen molar-refractivity contribution in [2.24, 2.45) is 0 Å². The van der Waals surface area contributed by atoms with Crippen molar-refractivity contribution in [3.05, 3.63) is 36.5 Å². The molecule has 0 aliphatic carbocycles. The molecular formula is C65H120O6. The van der Waals surface area contributed by atoms with Crippen LogP contribution in [0, 0.1) is 0 Å². The van der Waals surface area contributed by atoms with Crippen molar-refractivity contribution >= 4 is 17.9 Å². The molecule has 71 heavy (non-hydrogen) atoms. The Morgan fingerprint density at radius 1 is 0.282 bits per heavy atom. The molecule has 0 aliphatic rings. The molecule has 0 aromatic rings. The zero-order valence-corrected chi connectivity index (χ0v) is 47.8. The van der Waals surface area contributed by atoms with Crippen molar-refractivity contribution in [3.63, 3.8) is 0 Å². The van der Waals surface area contributed by atoms with Gasteiger partial charge in [0.1, 0.15) is 13.2 Å². The molecule has 6 heteroatoms. The van der Waals surface area contributed by atoms with Crippen molar-refractivity contribution < 1.29 is 28.6 Å². The Bertz CT molecular complexity index is 1190. The number of rotatable bonds is 58. The number of hydrogen-bond donors (Lipinski definition) is 0. The van der Waals surface area contributed by atoms with Gasteiger partial charge in [-0.25, -0.2) is 0 Å². The van der Waals surface area contributed by atoms with E-state index >= 15 is 0 Å². The molecule has 6 nitrogen and oxygen atoms in total. The summed E-state index contributed by atoms with van der Waals surface area (Å²) >= 11 is 0. The Labute approximate surface area is 442 Å². The molecule has 0 aromatic carbocycles. The van der Waals surface area contributed by atoms with E-state index in [0.29, 0.717) is 19.3 Å². The molecule has 0 rings (SSSR count). The highest BCUT2D eigenvalue weighted by Crippen LogP contribution is 2.18. The summed E-state index contributed by atoms with van der Waals surface area (Å²) in [5.74, 6) is -0.871. The summed E-state index contributed by atoms with van der Waals surface area (Å²) < 4.78 is 16.9. The third kappa shape index (κ3) is 58.4. The van der Waals surface area contributed by atoms with Crippen LogP contribution in [-0.4, -0.2) is 37.2 Å². The van der Waals surface area contributed by atoms with Gasteiger partial charge in [-0.3, -0.25) is 14.4 Å². The Balaban J connectivity index is 4.35. The second kappa shape index (κ2) is 60.2. The molecule has 0 unspecified atom stereocenters. The van der Waals surface area contributed by atoms with Crippen LogP contribution < -0.4 is 0 Å². The first kappa shape index (κ1) is 68.6. The highest BCUT2D eigenvalue weighted by molar-refractivity contribution is 5.71. The molecule has 0 amide bonds. The smallest absolute Gasteiger partial charge is 0.306 e. The highest BCUT2D eigenvalue weighted by atomic mass is 16.6. The average molecular weight is 998 g/mol. The number of hydrogen-bond acceptors (Lipinski definition) is 6. The second-order valence-electron chi connectivity index (χ2n) is 21.3. The Kier molecular flexibility index (Phi) is 58.2. The zero-order chi connectivity index (χ0) is 51.4. The van der Waals surface area contributed by atoms with Crippen LogP contribution in [-0.2, 0) is 28.6 Å². The van der Waals surface area contributed by atoms with Crippen LogP contribution in [0.2, 0.25) is 0 Å². The SMILES string of the molecule is CCCCC/C=C\C/C=C\C/C=C\CCCCCCC(=O)OC[C@H](COC(=O)CCCCCCCCCCCCCCCCCCC)OC(=O)CCCCCCCCCCCCCCCCCCCCC. The summed E-state index contributed by atoms with van der Waals surface area (Å²) in [7, 11) is 0. The maximum Gasteiger partial charge on any atom is 0.306 e. The van der Waals surface area contributed by atoms with E-state index in [-0.39, 0.29) is 31.1 Å². The Morgan fingerprint density at radius 2 is 0.507 bits per heavy atom. The van der Waals surface area contributed by atoms with Gasteiger partial charge < -0.3 is 14.2 Å². The monoisotopic (exact) mass is 997 g/mol. The fourth-order valence-corrected chi connectivity index (χ4v) is 9.39. The van der Waals surface area contributed by atoms with E-state index in [0.717, 1.165) is 83.5 Å². The molecule has 0 spiro atoms. The van der Waals surface area contributed by atoms with Crippen molar-refractivity contribution in [1.29, 1.82) is 0 Å². The summed E-state index contributed by atoms with van der Waals surface area (Å²) in [4.78, 5) is 38.3.